The van der Waals surface area contributed by atoms with E-state index in [4.69, 9.17) is 15.7 Å². The fraction of sp³-hybridized carbons (Fsp3) is 0.0741. The Balaban J connectivity index is 1.44. The van der Waals surface area contributed by atoms with Crippen LogP contribution in [0.3, 0.4) is 0 Å². The zero-order chi connectivity index (χ0) is 21.9. The first-order chi connectivity index (χ1) is 15.7. The number of nitrogens with zero attached hydrogens (tertiary/aromatic N) is 2. The molecule has 0 unspecified atom stereocenters. The minimum Gasteiger partial charge on any atom is -0.489 e. The molecule has 0 bridgehead atoms. The molecule has 0 amide bonds. The number of hydrogen-bond acceptors (Lipinski definition) is 3. The van der Waals surface area contributed by atoms with Crippen LogP contribution < -0.4 is 4.74 Å². The van der Waals surface area contributed by atoms with E-state index in [1.807, 2.05) is 60.7 Å². The first-order valence-corrected chi connectivity index (χ1v) is 10.5. The highest BCUT2D eigenvalue weighted by molar-refractivity contribution is 6.11. The number of aromatic nitrogens is 1. The third-order valence-corrected chi connectivity index (χ3v) is 5.67. The predicted octanol–water partition coefficient (Wildman–Crippen LogP) is 6.78. The Labute approximate surface area is 185 Å². The molecule has 5 heteroatoms. The van der Waals surface area contributed by atoms with E-state index in [1.54, 1.807) is 0 Å². The molecule has 4 aromatic carbocycles. The summed E-state index contributed by atoms with van der Waals surface area (Å²) in [6.07, 6.45) is 0. The highest BCUT2D eigenvalue weighted by atomic mass is 16.5. The molecule has 5 nitrogen and oxygen atoms in total. The number of para-hydroxylation sites is 1. The van der Waals surface area contributed by atoms with Gasteiger partial charge in [0.2, 0.25) is 0 Å². The lowest BCUT2D eigenvalue weighted by molar-refractivity contribution is 0.306. The van der Waals surface area contributed by atoms with Crippen LogP contribution in [0.5, 0.6) is 5.75 Å². The zero-order valence-corrected chi connectivity index (χ0v) is 17.5. The second kappa shape index (κ2) is 8.47. The molecule has 0 radical (unpaired) electrons. The first kappa shape index (κ1) is 19.7. The Morgan fingerprint density at radius 1 is 0.750 bits per heavy atom. The first-order valence-electron chi connectivity index (χ1n) is 10.5. The van der Waals surface area contributed by atoms with Crippen molar-refractivity contribution in [1.29, 1.82) is 10.9 Å². The second-order valence-electron chi connectivity index (χ2n) is 7.71. The number of nitrogens with one attached hydrogen (secondary N) is 2. The van der Waals surface area contributed by atoms with Crippen LogP contribution >= 0.6 is 0 Å². The third kappa shape index (κ3) is 3.76. The largest absolute Gasteiger partial charge is 0.489 e. The molecule has 5 rings (SSSR count). The number of fused-ring (bicyclic) bond motifs is 3. The maximum absolute atomic E-state index is 7.88. The van der Waals surface area contributed by atoms with Crippen LogP contribution in [0.25, 0.3) is 21.8 Å². The normalized spacial score (nSPS) is 11.0. The van der Waals surface area contributed by atoms with Gasteiger partial charge in [-0.1, -0.05) is 60.7 Å². The van der Waals surface area contributed by atoms with E-state index in [2.05, 4.69) is 46.1 Å². The van der Waals surface area contributed by atoms with E-state index in [9.17, 15) is 0 Å². The topological polar surface area (TPSA) is 74.2 Å². The minimum absolute atomic E-state index is 0.0326. The summed E-state index contributed by atoms with van der Waals surface area (Å²) in [6.45, 7) is 1.28. The van der Waals surface area contributed by atoms with Crippen molar-refractivity contribution in [3.8, 4) is 5.75 Å². The Morgan fingerprint density at radius 2 is 1.47 bits per heavy atom. The molecule has 1 aromatic heterocycles. The Kier molecular flexibility index (Phi) is 5.22. The molecule has 0 fully saturated rings. The molecule has 0 saturated heterocycles. The van der Waals surface area contributed by atoms with Crippen LogP contribution in [0.1, 0.15) is 16.7 Å². The molecule has 0 aliphatic heterocycles. The third-order valence-electron chi connectivity index (χ3n) is 5.67. The van der Waals surface area contributed by atoms with Crippen molar-refractivity contribution in [2.24, 2.45) is 5.11 Å². The maximum Gasteiger partial charge on any atom is 0.173 e. The molecule has 0 aliphatic carbocycles. The van der Waals surface area contributed by atoms with Gasteiger partial charge in [0, 0.05) is 33.9 Å². The van der Waals surface area contributed by atoms with Gasteiger partial charge >= 0.3 is 0 Å². The van der Waals surface area contributed by atoms with Crippen LogP contribution in [0.4, 0.5) is 0 Å². The van der Waals surface area contributed by atoms with E-state index >= 15 is 0 Å². The lowest BCUT2D eigenvalue weighted by Gasteiger charge is -2.10. The highest BCUT2D eigenvalue weighted by Crippen LogP contribution is 2.31. The summed E-state index contributed by atoms with van der Waals surface area (Å²) >= 11 is 0. The van der Waals surface area contributed by atoms with E-state index in [0.717, 1.165) is 39.7 Å². The van der Waals surface area contributed by atoms with Gasteiger partial charge in [-0.2, -0.15) is 0 Å². The average molecular weight is 419 g/mol. The standard InChI is InChI=1S/C27H22N4O/c28-27(30-29)21-12-15-26-24(16-21)23-8-4-5-9-25(23)31(26)17-19-10-13-22(14-11-19)32-18-20-6-2-1-3-7-20/h1-16,28-29H,17-18H2. The number of ether oxygens (including phenoxy) is 1. The van der Waals surface area contributed by atoms with Gasteiger partial charge in [-0.15, -0.1) is 5.11 Å². The molecule has 0 saturated carbocycles. The second-order valence-corrected chi connectivity index (χ2v) is 7.71. The summed E-state index contributed by atoms with van der Waals surface area (Å²) in [7, 11) is 0. The smallest absolute Gasteiger partial charge is 0.173 e. The van der Waals surface area contributed by atoms with Crippen molar-refractivity contribution in [3.63, 3.8) is 0 Å². The Hall–Kier alpha value is -4.25. The van der Waals surface area contributed by atoms with Crippen molar-refractivity contribution in [3.05, 3.63) is 114 Å². The number of amidine groups is 1. The Morgan fingerprint density at radius 3 is 2.25 bits per heavy atom. The van der Waals surface area contributed by atoms with Gasteiger partial charge in [-0.25, -0.2) is 5.53 Å². The highest BCUT2D eigenvalue weighted by Gasteiger charge is 2.12. The summed E-state index contributed by atoms with van der Waals surface area (Å²) < 4.78 is 8.21. The summed E-state index contributed by atoms with van der Waals surface area (Å²) in [6, 6.07) is 32.5. The lowest BCUT2D eigenvalue weighted by Crippen LogP contribution is -2.00. The lowest BCUT2D eigenvalue weighted by atomic mass is 10.1. The van der Waals surface area contributed by atoms with Gasteiger partial charge in [0.1, 0.15) is 12.4 Å². The summed E-state index contributed by atoms with van der Waals surface area (Å²) in [5.74, 6) is 0.817. The summed E-state index contributed by atoms with van der Waals surface area (Å²) in [4.78, 5) is 0. The number of rotatable bonds is 6. The Bertz CT molecular complexity index is 1420. The van der Waals surface area contributed by atoms with Gasteiger partial charge in [-0.05, 0) is 47.5 Å². The van der Waals surface area contributed by atoms with E-state index in [0.29, 0.717) is 12.2 Å². The quantitative estimate of drug-likeness (QED) is 0.178. The van der Waals surface area contributed by atoms with Crippen LogP contribution in [0.15, 0.2) is 102 Å². The maximum atomic E-state index is 7.88. The van der Waals surface area contributed by atoms with Crippen molar-refractivity contribution in [2.75, 3.05) is 0 Å². The van der Waals surface area contributed by atoms with E-state index in [1.165, 1.54) is 5.56 Å². The molecule has 32 heavy (non-hydrogen) atoms. The van der Waals surface area contributed by atoms with Gasteiger partial charge in [-0.3, -0.25) is 5.41 Å². The van der Waals surface area contributed by atoms with Gasteiger partial charge in [0.05, 0.1) is 0 Å². The van der Waals surface area contributed by atoms with E-state index in [-0.39, 0.29) is 5.84 Å². The molecular weight excluding hydrogens is 396 g/mol. The van der Waals surface area contributed by atoms with Crippen LogP contribution in [-0.2, 0) is 13.2 Å². The van der Waals surface area contributed by atoms with Crippen molar-refractivity contribution in [2.45, 2.75) is 13.2 Å². The van der Waals surface area contributed by atoms with Crippen molar-refractivity contribution >= 4 is 27.6 Å². The molecule has 0 spiro atoms. The molecule has 2 N–H and O–H groups in total. The SMILES string of the molecule is N=NC(=N)c1ccc2c(c1)c1ccccc1n2Cc1ccc(OCc2ccccc2)cc1. The van der Waals surface area contributed by atoms with Crippen molar-refractivity contribution in [1.82, 2.24) is 4.57 Å². The monoisotopic (exact) mass is 418 g/mol. The molecule has 1 heterocycles. The molecule has 156 valence electrons. The molecule has 5 aromatic rings. The van der Waals surface area contributed by atoms with Crippen LogP contribution in [-0.4, -0.2) is 10.4 Å². The molecule has 0 atom stereocenters. The van der Waals surface area contributed by atoms with Gasteiger partial charge in [0.15, 0.2) is 5.84 Å². The van der Waals surface area contributed by atoms with Crippen molar-refractivity contribution < 1.29 is 4.74 Å². The van der Waals surface area contributed by atoms with E-state index < -0.39 is 0 Å². The zero-order valence-electron chi connectivity index (χ0n) is 17.5. The molecular formula is C27H22N4O. The fourth-order valence-corrected chi connectivity index (χ4v) is 4.05. The van der Waals surface area contributed by atoms with Crippen LogP contribution in [0.2, 0.25) is 0 Å². The minimum atomic E-state index is -0.0326. The van der Waals surface area contributed by atoms with Gasteiger partial charge < -0.3 is 9.30 Å². The predicted molar refractivity (Wildman–Crippen MR) is 128 cm³/mol. The van der Waals surface area contributed by atoms with Crippen LogP contribution in [0, 0.1) is 10.9 Å². The summed E-state index contributed by atoms with van der Waals surface area (Å²) in [5.41, 5.74) is 12.4. The number of hydrogen-bond donors (Lipinski definition) is 2. The summed E-state index contributed by atoms with van der Waals surface area (Å²) in [5, 5.41) is 13.4. The average Bonchev–Trinajstić information content (AvgIpc) is 3.16. The molecule has 0 aliphatic rings. The van der Waals surface area contributed by atoms with Gasteiger partial charge in [0.25, 0.3) is 0 Å². The number of benzene rings is 4. The fourth-order valence-electron chi connectivity index (χ4n) is 4.05.